The van der Waals surface area contributed by atoms with Gasteiger partial charge in [-0.2, -0.15) is 0 Å². The molecule has 1 aromatic carbocycles. The molecule has 19 heavy (non-hydrogen) atoms. The Labute approximate surface area is 116 Å². The number of aliphatic hydroxyl groups is 1. The molecule has 0 fully saturated rings. The lowest BCUT2D eigenvalue weighted by atomic mass is 10.1. The fourth-order valence-corrected chi connectivity index (χ4v) is 2.89. The first-order chi connectivity index (χ1) is 9.06. The second kappa shape index (κ2) is 6.28. The largest absolute Gasteiger partial charge is 0.387 e. The number of hydrogen-bond acceptors (Lipinski definition) is 3. The van der Waals surface area contributed by atoms with E-state index in [-0.39, 0.29) is 5.82 Å². The molecule has 1 aromatic heterocycles. The van der Waals surface area contributed by atoms with Crippen molar-refractivity contribution in [1.82, 2.24) is 5.32 Å². The van der Waals surface area contributed by atoms with E-state index in [1.165, 1.54) is 27.5 Å². The second-order valence-corrected chi connectivity index (χ2v) is 5.99. The molecule has 0 saturated carbocycles. The van der Waals surface area contributed by atoms with Crippen LogP contribution in [0.2, 0.25) is 0 Å². The molecule has 4 heteroatoms. The molecule has 1 unspecified atom stereocenters. The van der Waals surface area contributed by atoms with E-state index in [0.717, 1.165) is 12.1 Å². The van der Waals surface area contributed by atoms with Crippen molar-refractivity contribution in [2.24, 2.45) is 0 Å². The Kier molecular flexibility index (Phi) is 4.69. The highest BCUT2D eigenvalue weighted by molar-refractivity contribution is 7.12. The molecular weight excluding hydrogens is 261 g/mol. The molecule has 1 heterocycles. The molecule has 0 spiro atoms. The van der Waals surface area contributed by atoms with Gasteiger partial charge in [0.25, 0.3) is 0 Å². The van der Waals surface area contributed by atoms with Crippen LogP contribution in [0.25, 0.3) is 0 Å². The van der Waals surface area contributed by atoms with E-state index in [2.05, 4.69) is 25.2 Å². The highest BCUT2D eigenvalue weighted by Crippen LogP contribution is 2.20. The van der Waals surface area contributed by atoms with E-state index in [4.69, 9.17) is 0 Å². The van der Waals surface area contributed by atoms with E-state index in [1.807, 2.05) is 0 Å². The molecule has 0 radical (unpaired) electrons. The average molecular weight is 279 g/mol. The van der Waals surface area contributed by atoms with Gasteiger partial charge < -0.3 is 10.4 Å². The number of rotatable bonds is 5. The lowest BCUT2D eigenvalue weighted by molar-refractivity contribution is 0.174. The van der Waals surface area contributed by atoms with Gasteiger partial charge in [0.05, 0.1) is 6.10 Å². The van der Waals surface area contributed by atoms with Gasteiger partial charge in [-0.15, -0.1) is 11.3 Å². The first-order valence-corrected chi connectivity index (χ1v) is 7.08. The Morgan fingerprint density at radius 1 is 1.26 bits per heavy atom. The topological polar surface area (TPSA) is 32.3 Å². The molecule has 0 bridgehead atoms. The van der Waals surface area contributed by atoms with Crippen molar-refractivity contribution in [1.29, 1.82) is 0 Å². The van der Waals surface area contributed by atoms with Crippen LogP contribution in [0.3, 0.4) is 0 Å². The summed E-state index contributed by atoms with van der Waals surface area (Å²) in [6, 6.07) is 8.12. The minimum atomic E-state index is -0.609. The minimum Gasteiger partial charge on any atom is -0.387 e. The van der Waals surface area contributed by atoms with Crippen LogP contribution < -0.4 is 5.32 Å². The third-order valence-corrected chi connectivity index (χ3v) is 4.26. The van der Waals surface area contributed by atoms with Gasteiger partial charge in [0, 0.05) is 22.8 Å². The fraction of sp³-hybridized carbons (Fsp3) is 0.333. The van der Waals surface area contributed by atoms with E-state index in [1.54, 1.807) is 23.5 Å². The van der Waals surface area contributed by atoms with Crippen LogP contribution in [0.15, 0.2) is 30.3 Å². The first kappa shape index (κ1) is 14.2. The van der Waals surface area contributed by atoms with Crippen molar-refractivity contribution in [2.75, 3.05) is 6.54 Å². The molecule has 2 nitrogen and oxygen atoms in total. The van der Waals surface area contributed by atoms with Crippen LogP contribution in [-0.4, -0.2) is 11.7 Å². The Hall–Kier alpha value is -1.23. The van der Waals surface area contributed by atoms with Crippen molar-refractivity contribution in [3.8, 4) is 0 Å². The molecule has 102 valence electrons. The molecule has 0 amide bonds. The number of nitrogens with one attached hydrogen (secondary N) is 1. The summed E-state index contributed by atoms with van der Waals surface area (Å²) >= 11 is 1.77. The van der Waals surface area contributed by atoms with Gasteiger partial charge in [-0.1, -0.05) is 12.1 Å². The van der Waals surface area contributed by atoms with E-state index in [0.29, 0.717) is 6.54 Å². The lowest BCUT2D eigenvalue weighted by Gasteiger charge is -2.11. The Bertz CT molecular complexity index is 516. The van der Waals surface area contributed by atoms with Gasteiger partial charge in [-0.25, -0.2) is 4.39 Å². The van der Waals surface area contributed by atoms with E-state index in [9.17, 15) is 9.50 Å². The third kappa shape index (κ3) is 3.86. The van der Waals surface area contributed by atoms with Gasteiger partial charge in [0.15, 0.2) is 0 Å². The van der Waals surface area contributed by atoms with Crippen LogP contribution in [0.5, 0.6) is 0 Å². The van der Waals surface area contributed by atoms with Crippen LogP contribution in [-0.2, 0) is 6.54 Å². The zero-order valence-corrected chi connectivity index (χ0v) is 11.9. The van der Waals surface area contributed by atoms with Crippen molar-refractivity contribution in [2.45, 2.75) is 26.5 Å². The zero-order chi connectivity index (χ0) is 13.8. The standard InChI is InChI=1S/C15H18FNOS/c1-10-7-14(19-11(10)2)8-17-9-15(18)12-3-5-13(16)6-4-12/h3-7,15,17-18H,8-9H2,1-2H3. The highest BCUT2D eigenvalue weighted by atomic mass is 32.1. The number of aliphatic hydroxyl groups excluding tert-OH is 1. The molecule has 1 atom stereocenters. The van der Waals surface area contributed by atoms with Crippen molar-refractivity contribution >= 4 is 11.3 Å². The zero-order valence-electron chi connectivity index (χ0n) is 11.1. The van der Waals surface area contributed by atoms with Gasteiger partial charge in [0.1, 0.15) is 5.82 Å². The van der Waals surface area contributed by atoms with Gasteiger partial charge in [-0.3, -0.25) is 0 Å². The Morgan fingerprint density at radius 2 is 1.95 bits per heavy atom. The van der Waals surface area contributed by atoms with Crippen molar-refractivity contribution in [3.05, 3.63) is 57.0 Å². The molecule has 0 aliphatic carbocycles. The van der Waals surface area contributed by atoms with Crippen LogP contribution in [0.1, 0.15) is 27.0 Å². The number of hydrogen-bond donors (Lipinski definition) is 2. The Morgan fingerprint density at radius 3 is 2.53 bits per heavy atom. The maximum Gasteiger partial charge on any atom is 0.123 e. The summed E-state index contributed by atoms with van der Waals surface area (Å²) in [5.41, 5.74) is 2.04. The molecule has 0 saturated heterocycles. The SMILES string of the molecule is Cc1cc(CNCC(O)c2ccc(F)cc2)sc1C. The van der Waals surface area contributed by atoms with E-state index >= 15 is 0 Å². The van der Waals surface area contributed by atoms with Crippen molar-refractivity contribution in [3.63, 3.8) is 0 Å². The Balaban J connectivity index is 1.83. The van der Waals surface area contributed by atoms with Gasteiger partial charge in [-0.05, 0) is 43.2 Å². The maximum absolute atomic E-state index is 12.8. The third-order valence-electron chi connectivity index (χ3n) is 3.11. The lowest BCUT2D eigenvalue weighted by Crippen LogP contribution is -2.20. The second-order valence-electron chi connectivity index (χ2n) is 4.65. The summed E-state index contributed by atoms with van der Waals surface area (Å²) in [7, 11) is 0. The number of aryl methyl sites for hydroxylation is 2. The molecule has 0 aliphatic rings. The maximum atomic E-state index is 12.8. The predicted molar refractivity (Wildman–Crippen MR) is 76.9 cm³/mol. The normalized spacial score (nSPS) is 12.6. The average Bonchev–Trinajstić information content (AvgIpc) is 2.69. The molecular formula is C15H18FNOS. The summed E-state index contributed by atoms with van der Waals surface area (Å²) < 4.78 is 12.8. The molecule has 2 N–H and O–H groups in total. The molecule has 2 aromatic rings. The fourth-order valence-electron chi connectivity index (χ4n) is 1.87. The predicted octanol–water partition coefficient (Wildman–Crippen LogP) is 3.33. The molecule has 0 aliphatic heterocycles. The summed E-state index contributed by atoms with van der Waals surface area (Å²) in [6.45, 7) is 5.42. The molecule has 2 rings (SSSR count). The number of halogens is 1. The summed E-state index contributed by atoms with van der Waals surface area (Å²) in [5, 5.41) is 13.2. The van der Waals surface area contributed by atoms with Gasteiger partial charge in [0.2, 0.25) is 0 Å². The summed E-state index contributed by atoms with van der Waals surface area (Å²) in [6.07, 6.45) is -0.609. The minimum absolute atomic E-state index is 0.284. The van der Waals surface area contributed by atoms with Crippen LogP contribution in [0, 0.1) is 19.7 Å². The summed E-state index contributed by atoms with van der Waals surface area (Å²) in [5.74, 6) is -0.284. The monoisotopic (exact) mass is 279 g/mol. The van der Waals surface area contributed by atoms with Crippen LogP contribution >= 0.6 is 11.3 Å². The number of benzene rings is 1. The van der Waals surface area contributed by atoms with Gasteiger partial charge >= 0.3 is 0 Å². The van der Waals surface area contributed by atoms with Crippen molar-refractivity contribution < 1.29 is 9.50 Å². The summed E-state index contributed by atoms with van der Waals surface area (Å²) in [4.78, 5) is 2.59. The quantitative estimate of drug-likeness (QED) is 0.880. The first-order valence-electron chi connectivity index (χ1n) is 6.26. The smallest absolute Gasteiger partial charge is 0.123 e. The number of thiophene rings is 1. The van der Waals surface area contributed by atoms with Crippen LogP contribution in [0.4, 0.5) is 4.39 Å². The highest BCUT2D eigenvalue weighted by Gasteiger charge is 2.07. The van der Waals surface area contributed by atoms with E-state index < -0.39 is 6.10 Å².